The molecule has 1 N–H and O–H groups in total. The van der Waals surface area contributed by atoms with Crippen LogP contribution in [0.2, 0.25) is 0 Å². The SMILES string of the molecule is O=C1[C@@H]2[C@@H]3C=C[C@H]([C@@H]4C[C@H]34)[C@H]2C(=O)N1CNc1ccc(F)cc1. The minimum absolute atomic E-state index is 0.0423. The summed E-state index contributed by atoms with van der Waals surface area (Å²) in [6, 6.07) is 5.92. The number of nitrogens with one attached hydrogen (secondary N) is 1. The van der Waals surface area contributed by atoms with E-state index in [4.69, 9.17) is 0 Å². The number of hydrogen-bond donors (Lipinski definition) is 1. The summed E-state index contributed by atoms with van der Waals surface area (Å²) >= 11 is 0. The predicted molar refractivity (Wildman–Crippen MR) is 81.4 cm³/mol. The van der Waals surface area contributed by atoms with Crippen molar-refractivity contribution in [3.8, 4) is 0 Å². The summed E-state index contributed by atoms with van der Waals surface area (Å²) < 4.78 is 12.9. The first-order valence-corrected chi connectivity index (χ1v) is 8.18. The summed E-state index contributed by atoms with van der Waals surface area (Å²) in [5.41, 5.74) is 0.700. The van der Waals surface area contributed by atoms with Crippen molar-refractivity contribution in [2.24, 2.45) is 35.5 Å². The Labute approximate surface area is 133 Å². The van der Waals surface area contributed by atoms with Gasteiger partial charge in [-0.15, -0.1) is 0 Å². The van der Waals surface area contributed by atoms with E-state index in [-0.39, 0.29) is 48.0 Å². The van der Waals surface area contributed by atoms with Gasteiger partial charge in [0.05, 0.1) is 18.5 Å². The summed E-state index contributed by atoms with van der Waals surface area (Å²) in [6.07, 6.45) is 5.51. The molecule has 1 aliphatic heterocycles. The van der Waals surface area contributed by atoms with Gasteiger partial charge in [0, 0.05) is 5.69 Å². The number of likely N-dealkylation sites (tertiary alicyclic amines) is 1. The lowest BCUT2D eigenvalue weighted by Crippen LogP contribution is -2.40. The highest BCUT2D eigenvalue weighted by Gasteiger charge is 2.66. The second kappa shape index (κ2) is 4.43. The van der Waals surface area contributed by atoms with Gasteiger partial charge in [-0.25, -0.2) is 4.39 Å². The number of rotatable bonds is 3. The van der Waals surface area contributed by atoms with Gasteiger partial charge >= 0.3 is 0 Å². The van der Waals surface area contributed by atoms with Gasteiger partial charge in [0.2, 0.25) is 11.8 Å². The van der Waals surface area contributed by atoms with Crippen LogP contribution in [0.1, 0.15) is 6.42 Å². The summed E-state index contributed by atoms with van der Waals surface area (Å²) in [4.78, 5) is 26.9. The van der Waals surface area contributed by atoms with Gasteiger partial charge in [-0.1, -0.05) is 12.2 Å². The van der Waals surface area contributed by atoms with E-state index in [2.05, 4.69) is 17.5 Å². The molecule has 23 heavy (non-hydrogen) atoms. The number of carbonyl (C=O) groups excluding carboxylic acids is 2. The van der Waals surface area contributed by atoms with Crippen molar-refractivity contribution in [1.29, 1.82) is 0 Å². The lowest BCUT2D eigenvalue weighted by Gasteiger charge is -2.37. The number of carbonyl (C=O) groups is 2. The van der Waals surface area contributed by atoms with Crippen LogP contribution in [0.4, 0.5) is 10.1 Å². The van der Waals surface area contributed by atoms with Crippen LogP contribution in [0.25, 0.3) is 0 Å². The fourth-order valence-corrected chi connectivity index (χ4v) is 4.91. The van der Waals surface area contributed by atoms with Crippen molar-refractivity contribution in [2.45, 2.75) is 6.42 Å². The number of allylic oxidation sites excluding steroid dienone is 2. The molecule has 1 heterocycles. The van der Waals surface area contributed by atoms with Gasteiger partial charge in [-0.05, 0) is 54.4 Å². The van der Waals surface area contributed by atoms with Crippen LogP contribution >= 0.6 is 0 Å². The Kier molecular flexibility index (Phi) is 2.56. The highest BCUT2D eigenvalue weighted by Crippen LogP contribution is 2.65. The summed E-state index contributed by atoms with van der Waals surface area (Å²) in [5, 5.41) is 3.05. The van der Waals surface area contributed by atoms with E-state index < -0.39 is 0 Å². The van der Waals surface area contributed by atoms with E-state index >= 15 is 0 Å². The van der Waals surface area contributed by atoms with Crippen molar-refractivity contribution < 1.29 is 14.0 Å². The zero-order chi connectivity index (χ0) is 15.7. The van der Waals surface area contributed by atoms with Crippen LogP contribution in [-0.2, 0) is 9.59 Å². The molecule has 5 heteroatoms. The Morgan fingerprint density at radius 2 is 1.57 bits per heavy atom. The molecule has 118 valence electrons. The molecular weight excluding hydrogens is 295 g/mol. The van der Waals surface area contributed by atoms with E-state index in [1.54, 1.807) is 12.1 Å². The molecule has 5 aliphatic rings. The van der Waals surface area contributed by atoms with Crippen molar-refractivity contribution in [1.82, 2.24) is 4.90 Å². The smallest absolute Gasteiger partial charge is 0.235 e. The average Bonchev–Trinajstić information content (AvgIpc) is 3.33. The molecule has 6 rings (SSSR count). The molecule has 2 amide bonds. The quantitative estimate of drug-likeness (QED) is 0.688. The van der Waals surface area contributed by atoms with Crippen LogP contribution < -0.4 is 5.32 Å². The van der Waals surface area contributed by atoms with Gasteiger partial charge in [-0.2, -0.15) is 0 Å². The average molecular weight is 312 g/mol. The lowest BCUT2D eigenvalue weighted by atomic mass is 9.63. The Hall–Kier alpha value is -2.17. The van der Waals surface area contributed by atoms with Crippen LogP contribution in [0, 0.1) is 41.3 Å². The molecule has 1 aromatic carbocycles. The molecule has 4 aliphatic carbocycles. The summed E-state index contributed by atoms with van der Waals surface area (Å²) in [5.74, 6) is 1.04. The summed E-state index contributed by atoms with van der Waals surface area (Å²) in [7, 11) is 0. The number of amides is 2. The van der Waals surface area contributed by atoms with Crippen molar-refractivity contribution >= 4 is 17.5 Å². The summed E-state index contributed by atoms with van der Waals surface area (Å²) in [6.45, 7) is 0.158. The van der Waals surface area contributed by atoms with E-state index in [0.29, 0.717) is 17.5 Å². The van der Waals surface area contributed by atoms with Gasteiger partial charge < -0.3 is 5.32 Å². The van der Waals surface area contributed by atoms with Gasteiger partial charge in [0.1, 0.15) is 5.82 Å². The minimum Gasteiger partial charge on any atom is -0.367 e. The molecule has 1 saturated heterocycles. The van der Waals surface area contributed by atoms with Gasteiger partial charge in [0.25, 0.3) is 0 Å². The standard InChI is InChI=1S/C18H17FN2O2/c19-9-1-3-10(4-2-9)20-8-21-17(22)15-11-5-6-12(14-7-13(11)14)16(15)18(21)23/h1-6,11-16,20H,7-8H2/t11-,12-,13-,14+,15-,16-/m1/s1. The molecule has 2 bridgehead atoms. The third-order valence-electron chi connectivity index (χ3n) is 6.04. The maximum atomic E-state index is 12.9. The van der Waals surface area contributed by atoms with E-state index in [9.17, 15) is 14.0 Å². The molecule has 6 atom stereocenters. The molecule has 2 saturated carbocycles. The van der Waals surface area contributed by atoms with Crippen molar-refractivity contribution in [3.63, 3.8) is 0 Å². The maximum Gasteiger partial charge on any atom is 0.235 e. The fourth-order valence-electron chi connectivity index (χ4n) is 4.91. The highest BCUT2D eigenvalue weighted by atomic mass is 19.1. The number of hydrogen-bond acceptors (Lipinski definition) is 3. The molecule has 0 spiro atoms. The van der Waals surface area contributed by atoms with Crippen LogP contribution in [-0.4, -0.2) is 23.4 Å². The Morgan fingerprint density at radius 1 is 1.00 bits per heavy atom. The monoisotopic (exact) mass is 312 g/mol. The predicted octanol–water partition coefficient (Wildman–Crippen LogP) is 2.25. The third-order valence-corrected chi connectivity index (χ3v) is 6.04. The van der Waals surface area contributed by atoms with E-state index in [1.165, 1.54) is 23.5 Å². The molecule has 1 aromatic rings. The van der Waals surface area contributed by atoms with Gasteiger partial charge in [0.15, 0.2) is 0 Å². The number of imide groups is 1. The Morgan fingerprint density at radius 3 is 2.13 bits per heavy atom. The number of anilines is 1. The molecule has 4 nitrogen and oxygen atoms in total. The number of benzene rings is 1. The van der Waals surface area contributed by atoms with Crippen LogP contribution in [0.5, 0.6) is 0 Å². The largest absolute Gasteiger partial charge is 0.367 e. The van der Waals surface area contributed by atoms with E-state index in [0.717, 1.165) is 0 Å². The normalized spacial score (nSPS) is 39.4. The van der Waals surface area contributed by atoms with E-state index in [1.807, 2.05) is 0 Å². The Balaban J connectivity index is 1.36. The molecule has 0 unspecified atom stereocenters. The molecular formula is C18H17FN2O2. The van der Waals surface area contributed by atoms with Crippen LogP contribution in [0.15, 0.2) is 36.4 Å². The second-order valence-corrected chi connectivity index (χ2v) is 7.10. The minimum atomic E-state index is -0.309. The van der Waals surface area contributed by atoms with Crippen molar-refractivity contribution in [3.05, 3.63) is 42.2 Å². The first kappa shape index (κ1) is 13.3. The third kappa shape index (κ3) is 1.76. The van der Waals surface area contributed by atoms with Crippen molar-refractivity contribution in [2.75, 3.05) is 12.0 Å². The maximum absolute atomic E-state index is 12.9. The van der Waals surface area contributed by atoms with Crippen LogP contribution in [0.3, 0.4) is 0 Å². The Bertz CT molecular complexity index is 693. The fraction of sp³-hybridized carbons (Fsp3) is 0.444. The number of nitrogens with zero attached hydrogens (tertiary/aromatic N) is 1. The van der Waals surface area contributed by atoms with Gasteiger partial charge in [-0.3, -0.25) is 14.5 Å². The topological polar surface area (TPSA) is 49.4 Å². The zero-order valence-corrected chi connectivity index (χ0v) is 12.5. The molecule has 3 fully saturated rings. The zero-order valence-electron chi connectivity index (χ0n) is 12.5. The first-order valence-electron chi connectivity index (χ1n) is 8.18. The second-order valence-electron chi connectivity index (χ2n) is 7.10. The molecule has 0 aromatic heterocycles. The number of halogens is 1. The first-order chi connectivity index (χ1) is 11.1. The highest BCUT2D eigenvalue weighted by molar-refractivity contribution is 6.06. The molecule has 0 radical (unpaired) electrons. The lowest BCUT2D eigenvalue weighted by molar-refractivity contribution is -0.139.